The third-order valence-electron chi connectivity index (χ3n) is 15.9. The van der Waals surface area contributed by atoms with Crippen LogP contribution < -0.4 is 9.80 Å². The monoisotopic (exact) mass is 1020 g/mol. The number of nitrogens with zero attached hydrogens (tertiary/aromatic N) is 3. The third-order valence-corrected chi connectivity index (χ3v) is 18.2. The molecule has 0 atom stereocenters. The van der Waals surface area contributed by atoms with Crippen LogP contribution in [0.1, 0.15) is 31.2 Å². The van der Waals surface area contributed by atoms with Crippen molar-refractivity contribution in [2.75, 3.05) is 9.80 Å². The molecular weight excluding hydrogens is 971 g/mol. The average Bonchev–Trinajstić information content (AvgIpc) is 4.24. The van der Waals surface area contributed by atoms with Gasteiger partial charge in [-0.3, -0.25) is 0 Å². The molecule has 10 aromatic carbocycles. The number of hydrogen-bond acceptors (Lipinski definition) is 4. The van der Waals surface area contributed by atoms with E-state index in [2.05, 4.69) is 275 Å². The number of hydrogen-bond donors (Lipinski definition) is 0. The van der Waals surface area contributed by atoms with Crippen molar-refractivity contribution in [2.24, 2.45) is 0 Å². The number of anilines is 5. The molecule has 0 fully saturated rings. The molecule has 77 heavy (non-hydrogen) atoms. The van der Waals surface area contributed by atoms with E-state index in [4.69, 9.17) is 0 Å². The van der Waals surface area contributed by atoms with Gasteiger partial charge in [0, 0.05) is 90.9 Å². The second-order valence-corrected chi connectivity index (χ2v) is 22.4. The van der Waals surface area contributed by atoms with Crippen LogP contribution in [0.3, 0.4) is 0 Å². The first-order valence-electron chi connectivity index (χ1n) is 26.7. The molecule has 0 bridgehead atoms. The molecule has 2 aliphatic rings. The molecule has 5 heteroatoms. The molecule has 0 spiro atoms. The second-order valence-electron chi connectivity index (χ2n) is 20.3. The maximum atomic E-state index is 2.50. The van der Waals surface area contributed by atoms with Crippen molar-refractivity contribution in [1.29, 1.82) is 0 Å². The van der Waals surface area contributed by atoms with Crippen LogP contribution in [0.2, 0.25) is 0 Å². The Morgan fingerprint density at radius 3 is 1.57 bits per heavy atom. The minimum Gasteiger partial charge on any atom is -0.314 e. The van der Waals surface area contributed by atoms with Gasteiger partial charge in [-0.15, -0.1) is 22.7 Å². The molecule has 3 heterocycles. The first kappa shape index (κ1) is 45.4. The summed E-state index contributed by atoms with van der Waals surface area (Å²) in [6, 6.07) is 86.9. The lowest BCUT2D eigenvalue weighted by Gasteiger charge is -2.31. The fourth-order valence-electron chi connectivity index (χ4n) is 12.1. The van der Waals surface area contributed by atoms with Gasteiger partial charge < -0.3 is 14.4 Å². The molecule has 366 valence electrons. The Kier molecular flexibility index (Phi) is 11.2. The summed E-state index contributed by atoms with van der Waals surface area (Å²) in [4.78, 5) is 4.87. The molecule has 13 aromatic rings. The zero-order valence-electron chi connectivity index (χ0n) is 42.3. The van der Waals surface area contributed by atoms with E-state index in [-0.39, 0.29) is 0 Å². The summed E-state index contributed by atoms with van der Waals surface area (Å²) >= 11 is 3.78. The summed E-state index contributed by atoms with van der Waals surface area (Å²) in [6.07, 6.45) is 13.6. The van der Waals surface area contributed by atoms with E-state index in [1.165, 1.54) is 101 Å². The third kappa shape index (κ3) is 8.01. The highest BCUT2D eigenvalue weighted by molar-refractivity contribution is 7.26. The Labute approximate surface area is 456 Å². The maximum absolute atomic E-state index is 2.50. The van der Waals surface area contributed by atoms with Gasteiger partial charge in [-0.05, 0) is 174 Å². The van der Waals surface area contributed by atoms with E-state index < -0.39 is 0 Å². The Morgan fingerprint density at radius 2 is 0.844 bits per heavy atom. The maximum Gasteiger partial charge on any atom is 0.0542 e. The number of rotatable bonds is 10. The normalized spacial score (nSPS) is 13.8. The van der Waals surface area contributed by atoms with Crippen LogP contribution in [-0.2, 0) is 0 Å². The van der Waals surface area contributed by atoms with Gasteiger partial charge in [-0.2, -0.15) is 0 Å². The summed E-state index contributed by atoms with van der Waals surface area (Å²) < 4.78 is 7.81. The lowest BCUT2D eigenvalue weighted by atomic mass is 9.86. The van der Waals surface area contributed by atoms with Crippen LogP contribution in [0.15, 0.2) is 278 Å². The van der Waals surface area contributed by atoms with Crippen LogP contribution in [0.4, 0.5) is 28.4 Å². The predicted octanol–water partition coefficient (Wildman–Crippen LogP) is 21.2. The van der Waals surface area contributed by atoms with Gasteiger partial charge in [0.05, 0.1) is 11.0 Å². The highest BCUT2D eigenvalue weighted by Gasteiger charge is 2.24. The molecule has 3 nitrogen and oxygen atoms in total. The summed E-state index contributed by atoms with van der Waals surface area (Å²) in [5, 5.41) is 7.84. The van der Waals surface area contributed by atoms with Gasteiger partial charge in [0.15, 0.2) is 0 Å². The van der Waals surface area contributed by atoms with Crippen LogP contribution in [0.25, 0.3) is 84.5 Å². The van der Waals surface area contributed by atoms with E-state index in [1.54, 1.807) is 0 Å². The zero-order valence-corrected chi connectivity index (χ0v) is 43.9. The minimum atomic E-state index is 0.921. The molecule has 0 saturated carbocycles. The quantitative estimate of drug-likeness (QED) is 0.135. The lowest BCUT2D eigenvalue weighted by Crippen LogP contribution is -2.18. The van der Waals surface area contributed by atoms with Crippen molar-refractivity contribution in [3.63, 3.8) is 0 Å². The van der Waals surface area contributed by atoms with Crippen molar-refractivity contribution in [3.05, 3.63) is 283 Å². The highest BCUT2D eigenvalue weighted by atomic mass is 32.1. The first-order chi connectivity index (χ1) is 38.2. The summed E-state index contributed by atoms with van der Waals surface area (Å²) in [7, 11) is 0. The Morgan fingerprint density at radius 1 is 0.312 bits per heavy atom. The topological polar surface area (TPSA) is 11.4 Å². The summed E-state index contributed by atoms with van der Waals surface area (Å²) in [5.41, 5.74) is 18.6. The number of aromatic nitrogens is 1. The fourth-order valence-corrected chi connectivity index (χ4v) is 14.5. The van der Waals surface area contributed by atoms with Gasteiger partial charge in [0.1, 0.15) is 0 Å². The number of fused-ring (bicyclic) bond motifs is 9. The van der Waals surface area contributed by atoms with Crippen LogP contribution in [0, 0.1) is 0 Å². The summed E-state index contributed by atoms with van der Waals surface area (Å²) in [5.74, 6) is 0. The van der Waals surface area contributed by atoms with Crippen LogP contribution in [-0.4, -0.2) is 4.57 Å². The smallest absolute Gasteiger partial charge is 0.0542 e. The number of para-hydroxylation sites is 3. The van der Waals surface area contributed by atoms with Crippen molar-refractivity contribution in [3.8, 4) is 16.8 Å². The van der Waals surface area contributed by atoms with Gasteiger partial charge in [0.2, 0.25) is 0 Å². The molecule has 0 aliphatic heterocycles. The van der Waals surface area contributed by atoms with Crippen molar-refractivity contribution < 1.29 is 0 Å². The average molecular weight is 1020 g/mol. The SMILES string of the molecule is C1=C(C2=CC=C(N(c3ccc(N(c4ccccc4)c4ccc(-c5ccc6sc7ccccc7c6c5)cc4)cc3)c3ccc4c(c3)c3ccccc3n4-c3ccccc3)CC2)CCC(c2cccc3c2sc2ccccc23)=C1. The van der Waals surface area contributed by atoms with E-state index in [1.807, 2.05) is 22.7 Å². The number of benzene rings is 10. The highest BCUT2D eigenvalue weighted by Crippen LogP contribution is 2.45. The Hall–Kier alpha value is -9.00. The summed E-state index contributed by atoms with van der Waals surface area (Å²) in [6.45, 7) is 0. The molecule has 0 radical (unpaired) electrons. The van der Waals surface area contributed by atoms with E-state index in [0.717, 1.165) is 59.8 Å². The van der Waals surface area contributed by atoms with Gasteiger partial charge >= 0.3 is 0 Å². The number of thiophene rings is 2. The lowest BCUT2D eigenvalue weighted by molar-refractivity contribution is 0.854. The Balaban J connectivity index is 0.797. The molecule has 0 amide bonds. The molecular formula is C72H51N3S2. The van der Waals surface area contributed by atoms with E-state index >= 15 is 0 Å². The first-order valence-corrected chi connectivity index (χ1v) is 28.4. The van der Waals surface area contributed by atoms with Crippen molar-refractivity contribution in [2.45, 2.75) is 25.7 Å². The van der Waals surface area contributed by atoms with Crippen LogP contribution in [0.5, 0.6) is 0 Å². The standard InChI is InChI=1S/C72H51N3S2/c1-3-14-53(15-4-1)73(55-37-32-50(33-38-55)52-34-45-71-66(46-52)63-20-9-11-24-69(63)76-71)57-39-41-58(42-40-57)74(59-43-44-68-65(47-59)61-18-7-10-23-67(61)75(68)54-16-5-2-6-17-54)56-35-30-49(31-36-56)48-26-28-51(29-27-48)60-21-13-22-64-62-19-8-12-25-70(62)77-72(60)64/h1-26,28,30,32-35,37-47H,27,29,31,36H2. The molecule has 0 N–H and O–H groups in total. The predicted molar refractivity (Wildman–Crippen MR) is 332 cm³/mol. The molecule has 0 saturated heterocycles. The molecule has 0 unspecified atom stereocenters. The van der Waals surface area contributed by atoms with Gasteiger partial charge in [-0.25, -0.2) is 0 Å². The largest absolute Gasteiger partial charge is 0.314 e. The molecule has 15 rings (SSSR count). The van der Waals surface area contributed by atoms with Crippen LogP contribution >= 0.6 is 22.7 Å². The van der Waals surface area contributed by atoms with Crippen molar-refractivity contribution >= 4 is 119 Å². The van der Waals surface area contributed by atoms with Crippen molar-refractivity contribution in [1.82, 2.24) is 4.57 Å². The Bertz CT molecular complexity index is 4550. The zero-order chi connectivity index (χ0) is 50.8. The van der Waals surface area contributed by atoms with Gasteiger partial charge in [-0.1, -0.05) is 146 Å². The fraction of sp³-hybridized carbons (Fsp3) is 0.0556. The van der Waals surface area contributed by atoms with E-state index in [0.29, 0.717) is 0 Å². The van der Waals surface area contributed by atoms with E-state index in [9.17, 15) is 0 Å². The molecule has 3 aromatic heterocycles. The molecule has 2 aliphatic carbocycles. The second kappa shape index (κ2) is 19.0. The minimum absolute atomic E-state index is 0.921. The van der Waals surface area contributed by atoms with Gasteiger partial charge in [0.25, 0.3) is 0 Å². The number of allylic oxidation sites excluding steroid dienone is 8.